The molecule has 0 radical (unpaired) electrons. The number of carbonyl (C=O) groups excluding carboxylic acids is 2. The maximum atomic E-state index is 13.2. The molecule has 2 N–H and O–H groups in total. The lowest BCUT2D eigenvalue weighted by Crippen LogP contribution is -2.29. The number of imide groups is 1. The summed E-state index contributed by atoms with van der Waals surface area (Å²) in [4.78, 5) is 25.6. The van der Waals surface area contributed by atoms with Crippen LogP contribution in [0.4, 0.5) is 15.8 Å². The number of nitrogens with two attached hydrogens (primary N) is 1. The Morgan fingerprint density at radius 3 is 2.40 bits per heavy atom. The van der Waals surface area contributed by atoms with E-state index in [9.17, 15) is 14.0 Å². The zero-order valence-electron chi connectivity index (χ0n) is 10.7. The van der Waals surface area contributed by atoms with Crippen LogP contribution in [0.5, 0.6) is 0 Å². The van der Waals surface area contributed by atoms with E-state index in [1.54, 1.807) is 18.2 Å². The van der Waals surface area contributed by atoms with Gasteiger partial charge in [0.05, 0.1) is 22.5 Å². The molecule has 0 bridgehead atoms. The number of carbonyl (C=O) groups is 2. The van der Waals surface area contributed by atoms with Crippen molar-refractivity contribution in [1.82, 2.24) is 0 Å². The lowest BCUT2D eigenvalue weighted by atomic mass is 10.1. The minimum absolute atomic E-state index is 0.102. The zero-order valence-corrected chi connectivity index (χ0v) is 10.7. The summed E-state index contributed by atoms with van der Waals surface area (Å²) >= 11 is 0. The number of rotatable bonds is 1. The second-order valence-electron chi connectivity index (χ2n) is 4.70. The zero-order chi connectivity index (χ0) is 14.4. The molecule has 1 aliphatic heterocycles. The van der Waals surface area contributed by atoms with E-state index >= 15 is 0 Å². The van der Waals surface area contributed by atoms with E-state index in [0.717, 1.165) is 16.5 Å². The van der Waals surface area contributed by atoms with Crippen molar-refractivity contribution >= 4 is 23.2 Å². The van der Waals surface area contributed by atoms with Gasteiger partial charge in [0.2, 0.25) is 0 Å². The molecule has 2 aromatic rings. The second-order valence-corrected chi connectivity index (χ2v) is 4.70. The maximum absolute atomic E-state index is 13.2. The van der Waals surface area contributed by atoms with Crippen LogP contribution in [0.2, 0.25) is 0 Å². The largest absolute Gasteiger partial charge is 0.396 e. The van der Waals surface area contributed by atoms with Crippen LogP contribution in [0, 0.1) is 12.7 Å². The van der Waals surface area contributed by atoms with Gasteiger partial charge in [-0.3, -0.25) is 9.59 Å². The van der Waals surface area contributed by atoms with Crippen LogP contribution in [0.3, 0.4) is 0 Å². The van der Waals surface area contributed by atoms with Gasteiger partial charge in [0.25, 0.3) is 11.8 Å². The van der Waals surface area contributed by atoms with Gasteiger partial charge in [-0.25, -0.2) is 9.29 Å². The van der Waals surface area contributed by atoms with Crippen molar-refractivity contribution in [3.05, 3.63) is 58.9 Å². The molecule has 4 nitrogen and oxygen atoms in total. The number of hydrogen-bond donors (Lipinski definition) is 1. The first-order chi connectivity index (χ1) is 9.49. The molecule has 3 rings (SSSR count). The monoisotopic (exact) mass is 270 g/mol. The average molecular weight is 270 g/mol. The first-order valence-corrected chi connectivity index (χ1v) is 6.03. The van der Waals surface area contributed by atoms with Crippen molar-refractivity contribution in [2.75, 3.05) is 10.6 Å². The Kier molecular flexibility index (Phi) is 2.57. The first-order valence-electron chi connectivity index (χ1n) is 6.03. The summed E-state index contributed by atoms with van der Waals surface area (Å²) in [5.74, 6) is -1.42. The van der Waals surface area contributed by atoms with Crippen molar-refractivity contribution < 1.29 is 14.0 Å². The Morgan fingerprint density at radius 2 is 1.70 bits per heavy atom. The van der Waals surface area contributed by atoms with Crippen molar-refractivity contribution in [3.8, 4) is 0 Å². The Labute approximate surface area is 114 Å². The highest BCUT2D eigenvalue weighted by Gasteiger charge is 2.36. The number of halogens is 1. The molecule has 0 aromatic heterocycles. The van der Waals surface area contributed by atoms with Crippen LogP contribution in [0.15, 0.2) is 36.4 Å². The van der Waals surface area contributed by atoms with E-state index in [1.165, 1.54) is 12.1 Å². The number of benzene rings is 2. The molecule has 100 valence electrons. The smallest absolute Gasteiger partial charge is 0.266 e. The van der Waals surface area contributed by atoms with Gasteiger partial charge in [-0.1, -0.05) is 11.6 Å². The Balaban J connectivity index is 2.11. The molecule has 0 saturated carbocycles. The van der Waals surface area contributed by atoms with E-state index in [2.05, 4.69) is 0 Å². The van der Waals surface area contributed by atoms with Crippen LogP contribution >= 0.6 is 0 Å². The second kappa shape index (κ2) is 4.16. The van der Waals surface area contributed by atoms with E-state index in [0.29, 0.717) is 11.1 Å². The maximum Gasteiger partial charge on any atom is 0.266 e. The summed E-state index contributed by atoms with van der Waals surface area (Å²) in [6, 6.07) is 8.84. The molecule has 0 fully saturated rings. The van der Waals surface area contributed by atoms with Crippen LogP contribution in [0.1, 0.15) is 26.3 Å². The number of fused-ring (bicyclic) bond motifs is 1. The summed E-state index contributed by atoms with van der Waals surface area (Å²) < 4.78 is 13.2. The number of nitrogen functional groups attached to an aromatic ring is 1. The molecule has 0 atom stereocenters. The lowest BCUT2D eigenvalue weighted by Gasteiger charge is -2.14. The van der Waals surface area contributed by atoms with Crippen molar-refractivity contribution in [2.24, 2.45) is 0 Å². The van der Waals surface area contributed by atoms with Crippen LogP contribution < -0.4 is 10.6 Å². The SMILES string of the molecule is Cc1ccc2c(c1)C(=O)N(c1ccc(F)c(N)c1)C2=O. The Bertz CT molecular complexity index is 756. The third-order valence-corrected chi connectivity index (χ3v) is 3.28. The van der Waals surface area contributed by atoms with Crippen LogP contribution in [-0.4, -0.2) is 11.8 Å². The number of hydrogen-bond acceptors (Lipinski definition) is 3. The quantitative estimate of drug-likeness (QED) is 0.639. The summed E-state index contributed by atoms with van der Waals surface area (Å²) in [6.45, 7) is 1.84. The molecule has 1 heterocycles. The fourth-order valence-corrected chi connectivity index (χ4v) is 2.26. The molecule has 1 aliphatic rings. The minimum Gasteiger partial charge on any atom is -0.396 e. The fraction of sp³-hybridized carbons (Fsp3) is 0.0667. The number of aryl methyl sites for hydroxylation is 1. The van der Waals surface area contributed by atoms with Crippen LogP contribution in [-0.2, 0) is 0 Å². The normalized spacial score (nSPS) is 13.8. The molecule has 0 unspecified atom stereocenters. The molecular formula is C15H11FN2O2. The molecule has 0 spiro atoms. The Morgan fingerprint density at radius 1 is 1.00 bits per heavy atom. The molecule has 5 heteroatoms. The summed E-state index contributed by atoms with van der Waals surface area (Å²) in [7, 11) is 0. The molecule has 2 aromatic carbocycles. The van der Waals surface area contributed by atoms with E-state index in [4.69, 9.17) is 5.73 Å². The Hall–Kier alpha value is -2.69. The van der Waals surface area contributed by atoms with Gasteiger partial charge in [-0.05, 0) is 37.3 Å². The highest BCUT2D eigenvalue weighted by atomic mass is 19.1. The molecule has 20 heavy (non-hydrogen) atoms. The highest BCUT2D eigenvalue weighted by Crippen LogP contribution is 2.30. The van der Waals surface area contributed by atoms with Gasteiger partial charge in [-0.15, -0.1) is 0 Å². The summed E-state index contributed by atoms with van der Waals surface area (Å²) in [6.07, 6.45) is 0. The number of nitrogens with zero attached hydrogens (tertiary/aromatic N) is 1. The van der Waals surface area contributed by atoms with Gasteiger partial charge >= 0.3 is 0 Å². The molecule has 0 saturated heterocycles. The first kappa shape index (κ1) is 12.3. The lowest BCUT2D eigenvalue weighted by molar-refractivity contribution is 0.0926. The third-order valence-electron chi connectivity index (χ3n) is 3.28. The summed E-state index contributed by atoms with van der Waals surface area (Å²) in [5, 5.41) is 0. The van der Waals surface area contributed by atoms with Crippen LogP contribution in [0.25, 0.3) is 0 Å². The van der Waals surface area contributed by atoms with Gasteiger partial charge in [-0.2, -0.15) is 0 Å². The average Bonchev–Trinajstić information content (AvgIpc) is 2.65. The predicted molar refractivity (Wildman–Crippen MR) is 73.1 cm³/mol. The van der Waals surface area contributed by atoms with E-state index in [-0.39, 0.29) is 11.4 Å². The van der Waals surface area contributed by atoms with Gasteiger partial charge in [0, 0.05) is 0 Å². The molecule has 2 amide bonds. The molecule has 0 aliphatic carbocycles. The van der Waals surface area contributed by atoms with Gasteiger partial charge in [0.15, 0.2) is 0 Å². The summed E-state index contributed by atoms with van der Waals surface area (Å²) in [5.41, 5.74) is 7.26. The predicted octanol–water partition coefficient (Wildman–Crippen LogP) is 2.52. The minimum atomic E-state index is -0.582. The van der Waals surface area contributed by atoms with Gasteiger partial charge < -0.3 is 5.73 Å². The highest BCUT2D eigenvalue weighted by molar-refractivity contribution is 6.34. The van der Waals surface area contributed by atoms with Crippen molar-refractivity contribution in [2.45, 2.75) is 6.92 Å². The van der Waals surface area contributed by atoms with Gasteiger partial charge in [0.1, 0.15) is 5.82 Å². The topological polar surface area (TPSA) is 63.4 Å². The van der Waals surface area contributed by atoms with Crippen molar-refractivity contribution in [1.29, 1.82) is 0 Å². The van der Waals surface area contributed by atoms with Crippen molar-refractivity contribution in [3.63, 3.8) is 0 Å². The number of amides is 2. The fourth-order valence-electron chi connectivity index (χ4n) is 2.26. The van der Waals surface area contributed by atoms with E-state index < -0.39 is 17.6 Å². The van der Waals surface area contributed by atoms with E-state index in [1.807, 2.05) is 6.92 Å². The third kappa shape index (κ3) is 1.67. The standard InChI is InChI=1S/C15H11FN2O2/c1-8-2-4-10-11(6-8)15(20)18(14(10)19)9-3-5-12(16)13(17)7-9/h2-7H,17H2,1H3. The number of anilines is 2. The molecular weight excluding hydrogens is 259 g/mol.